The third kappa shape index (κ3) is 3.68. The molecule has 0 spiro atoms. The molecule has 0 radical (unpaired) electrons. The van der Waals surface area contributed by atoms with Gasteiger partial charge < -0.3 is 5.32 Å². The van der Waals surface area contributed by atoms with Crippen LogP contribution in [0.15, 0.2) is 61.1 Å². The van der Waals surface area contributed by atoms with Gasteiger partial charge >= 0.3 is 0 Å². The second-order valence-electron chi connectivity index (χ2n) is 5.16. The zero-order valence-corrected chi connectivity index (χ0v) is 13.2. The minimum absolute atomic E-state index is 0.204. The Morgan fingerprint density at radius 1 is 1.21 bits per heavy atom. The number of amides is 1. The highest BCUT2D eigenvalue weighted by Gasteiger charge is 2.16. The molecule has 1 N–H and O–H groups in total. The van der Waals surface area contributed by atoms with Crippen LogP contribution in [0, 0.1) is 11.8 Å². The van der Waals surface area contributed by atoms with Gasteiger partial charge in [-0.05, 0) is 24.3 Å². The number of benzene rings is 1. The Kier molecular flexibility index (Phi) is 4.68. The lowest BCUT2D eigenvalue weighted by Crippen LogP contribution is -2.23. The lowest BCUT2D eigenvalue weighted by molar-refractivity contribution is 0.0959. The van der Waals surface area contributed by atoms with Gasteiger partial charge in [0, 0.05) is 36.8 Å². The minimum atomic E-state index is -0.204. The third-order valence-electron chi connectivity index (χ3n) is 3.35. The third-order valence-corrected chi connectivity index (χ3v) is 3.35. The molecule has 118 valence electrons. The van der Waals surface area contributed by atoms with E-state index in [1.54, 1.807) is 30.3 Å². The van der Waals surface area contributed by atoms with Gasteiger partial charge in [-0.25, -0.2) is 0 Å². The molecule has 3 aromatic rings. The number of rotatable bonds is 3. The first-order chi connectivity index (χ1) is 11.7. The average Bonchev–Trinajstić information content (AvgIpc) is 3.02. The van der Waals surface area contributed by atoms with E-state index in [0.29, 0.717) is 11.3 Å². The lowest BCUT2D eigenvalue weighted by atomic mass is 10.1. The summed E-state index contributed by atoms with van der Waals surface area (Å²) in [6, 6.07) is 13.3. The topological polar surface area (TPSA) is 59.8 Å². The standard InChI is InChI=1S/C19H16N4O/c1-23-14-17(18(22-23)16-10-6-11-20-13-16)19(24)21-12-5-9-15-7-3-2-4-8-15/h2-4,6-8,10-11,13-14H,12H2,1H3,(H,21,24). The molecule has 0 unspecified atom stereocenters. The van der Waals surface area contributed by atoms with E-state index in [4.69, 9.17) is 0 Å². The number of nitrogens with zero attached hydrogens (tertiary/aromatic N) is 3. The zero-order valence-electron chi connectivity index (χ0n) is 13.2. The first-order valence-electron chi connectivity index (χ1n) is 7.50. The summed E-state index contributed by atoms with van der Waals surface area (Å²) in [7, 11) is 1.78. The van der Waals surface area contributed by atoms with Crippen LogP contribution in [-0.2, 0) is 7.05 Å². The Bertz CT molecular complexity index is 889. The minimum Gasteiger partial charge on any atom is -0.341 e. The Balaban J connectivity index is 1.71. The molecule has 0 atom stereocenters. The Morgan fingerprint density at radius 2 is 2.04 bits per heavy atom. The van der Waals surface area contributed by atoms with Crippen molar-refractivity contribution in [3.05, 3.63) is 72.2 Å². The lowest BCUT2D eigenvalue weighted by Gasteiger charge is -2.02. The average molecular weight is 316 g/mol. The number of carbonyl (C=O) groups excluding carboxylic acids is 1. The molecule has 0 saturated carbocycles. The van der Waals surface area contributed by atoms with Gasteiger partial charge in [0.1, 0.15) is 5.69 Å². The summed E-state index contributed by atoms with van der Waals surface area (Å²) in [4.78, 5) is 16.5. The number of aromatic nitrogens is 3. The van der Waals surface area contributed by atoms with Gasteiger partial charge in [0.15, 0.2) is 0 Å². The molecule has 24 heavy (non-hydrogen) atoms. The maximum absolute atomic E-state index is 12.4. The van der Waals surface area contributed by atoms with E-state index >= 15 is 0 Å². The summed E-state index contributed by atoms with van der Waals surface area (Å²) in [5.41, 5.74) is 2.84. The molecule has 0 saturated heterocycles. The second kappa shape index (κ2) is 7.25. The van der Waals surface area contributed by atoms with E-state index in [-0.39, 0.29) is 12.5 Å². The summed E-state index contributed by atoms with van der Waals surface area (Å²) in [6.45, 7) is 0.273. The van der Waals surface area contributed by atoms with Gasteiger partial charge in [0.2, 0.25) is 0 Å². The molecule has 1 amide bonds. The van der Waals surface area contributed by atoms with Crippen LogP contribution in [0.5, 0.6) is 0 Å². The van der Waals surface area contributed by atoms with Crippen molar-refractivity contribution >= 4 is 5.91 Å². The van der Waals surface area contributed by atoms with Crippen LogP contribution >= 0.6 is 0 Å². The molecule has 0 aliphatic rings. The number of hydrogen-bond donors (Lipinski definition) is 1. The van der Waals surface area contributed by atoms with E-state index < -0.39 is 0 Å². The molecule has 0 aliphatic heterocycles. The number of carbonyl (C=O) groups is 1. The largest absolute Gasteiger partial charge is 0.341 e. The van der Waals surface area contributed by atoms with Gasteiger partial charge in [-0.2, -0.15) is 5.10 Å². The molecule has 1 aromatic carbocycles. The Morgan fingerprint density at radius 3 is 2.79 bits per heavy atom. The van der Waals surface area contributed by atoms with Gasteiger partial charge in [0.05, 0.1) is 12.1 Å². The Labute approximate surface area is 140 Å². The van der Waals surface area contributed by atoms with Crippen molar-refractivity contribution in [2.75, 3.05) is 6.54 Å². The van der Waals surface area contributed by atoms with Crippen molar-refractivity contribution < 1.29 is 4.79 Å². The number of nitrogens with one attached hydrogen (secondary N) is 1. The molecule has 2 aromatic heterocycles. The summed E-state index contributed by atoms with van der Waals surface area (Å²) in [6.07, 6.45) is 5.07. The molecular formula is C19H16N4O. The van der Waals surface area contributed by atoms with E-state index in [9.17, 15) is 4.79 Å². The van der Waals surface area contributed by atoms with Gasteiger partial charge in [-0.1, -0.05) is 30.0 Å². The van der Waals surface area contributed by atoms with E-state index in [1.807, 2.05) is 42.5 Å². The van der Waals surface area contributed by atoms with Crippen LogP contribution < -0.4 is 5.32 Å². The van der Waals surface area contributed by atoms with Crippen LogP contribution in [0.3, 0.4) is 0 Å². The van der Waals surface area contributed by atoms with Crippen LogP contribution in [0.4, 0.5) is 0 Å². The van der Waals surface area contributed by atoms with Crippen LogP contribution in [0.25, 0.3) is 11.3 Å². The van der Waals surface area contributed by atoms with Crippen molar-refractivity contribution in [3.63, 3.8) is 0 Å². The predicted molar refractivity (Wildman–Crippen MR) is 92.1 cm³/mol. The molecule has 5 nitrogen and oxygen atoms in total. The highest BCUT2D eigenvalue weighted by molar-refractivity contribution is 5.99. The van der Waals surface area contributed by atoms with Crippen molar-refractivity contribution in [1.82, 2.24) is 20.1 Å². The highest BCUT2D eigenvalue weighted by Crippen LogP contribution is 2.20. The smallest absolute Gasteiger partial charge is 0.255 e. The number of aryl methyl sites for hydroxylation is 1. The summed E-state index contributed by atoms with van der Waals surface area (Å²) >= 11 is 0. The van der Waals surface area contributed by atoms with Crippen LogP contribution in [-0.4, -0.2) is 27.2 Å². The van der Waals surface area contributed by atoms with Crippen molar-refractivity contribution in [2.45, 2.75) is 0 Å². The van der Waals surface area contributed by atoms with E-state index in [2.05, 4.69) is 27.2 Å². The molecule has 2 heterocycles. The maximum atomic E-state index is 12.4. The number of hydrogen-bond acceptors (Lipinski definition) is 3. The highest BCUT2D eigenvalue weighted by atomic mass is 16.1. The summed E-state index contributed by atoms with van der Waals surface area (Å²) < 4.78 is 1.62. The van der Waals surface area contributed by atoms with Crippen molar-refractivity contribution in [2.24, 2.45) is 7.05 Å². The maximum Gasteiger partial charge on any atom is 0.255 e. The molecule has 0 bridgehead atoms. The fraction of sp³-hybridized carbons (Fsp3) is 0.105. The van der Waals surface area contributed by atoms with Gasteiger partial charge in [0.25, 0.3) is 5.91 Å². The summed E-state index contributed by atoms with van der Waals surface area (Å²) in [5.74, 6) is 5.75. The predicted octanol–water partition coefficient (Wildman–Crippen LogP) is 2.26. The van der Waals surface area contributed by atoms with E-state index in [1.165, 1.54) is 0 Å². The fourth-order valence-corrected chi connectivity index (χ4v) is 2.26. The summed E-state index contributed by atoms with van der Waals surface area (Å²) in [5, 5.41) is 7.16. The Hall–Kier alpha value is -3.39. The monoisotopic (exact) mass is 316 g/mol. The SMILES string of the molecule is Cn1cc(C(=O)NCC#Cc2ccccc2)c(-c2cccnc2)n1. The van der Waals surface area contributed by atoms with Gasteiger partial charge in [-0.3, -0.25) is 14.5 Å². The molecular weight excluding hydrogens is 300 g/mol. The molecule has 3 rings (SSSR count). The molecule has 0 fully saturated rings. The second-order valence-corrected chi connectivity index (χ2v) is 5.16. The van der Waals surface area contributed by atoms with Crippen LogP contribution in [0.2, 0.25) is 0 Å². The van der Waals surface area contributed by atoms with Crippen LogP contribution in [0.1, 0.15) is 15.9 Å². The zero-order chi connectivity index (χ0) is 16.8. The number of pyridine rings is 1. The fourth-order valence-electron chi connectivity index (χ4n) is 2.26. The quantitative estimate of drug-likeness (QED) is 0.754. The van der Waals surface area contributed by atoms with Gasteiger partial charge in [-0.15, -0.1) is 0 Å². The first-order valence-corrected chi connectivity index (χ1v) is 7.50. The normalized spacial score (nSPS) is 9.88. The molecule has 5 heteroatoms. The molecule has 0 aliphatic carbocycles. The first kappa shape index (κ1) is 15.5. The van der Waals surface area contributed by atoms with E-state index in [0.717, 1.165) is 11.1 Å². The van der Waals surface area contributed by atoms with Crippen molar-refractivity contribution in [1.29, 1.82) is 0 Å². The van der Waals surface area contributed by atoms with Crippen molar-refractivity contribution in [3.8, 4) is 23.1 Å².